The fraction of sp³-hybridized carbons (Fsp3) is 0.316. The predicted octanol–water partition coefficient (Wildman–Crippen LogP) is 3.19. The molecule has 1 atom stereocenters. The van der Waals surface area contributed by atoms with E-state index in [0.29, 0.717) is 10.7 Å². The summed E-state index contributed by atoms with van der Waals surface area (Å²) in [5.74, 6) is 0.244. The molecule has 1 aliphatic rings. The van der Waals surface area contributed by atoms with Crippen molar-refractivity contribution in [1.82, 2.24) is 4.90 Å². The lowest BCUT2D eigenvalue weighted by Gasteiger charge is -2.38. The fourth-order valence-electron chi connectivity index (χ4n) is 3.01. The number of piperazine rings is 1. The minimum Gasteiger partial charge on any atom is -0.508 e. The molecule has 132 valence electrons. The van der Waals surface area contributed by atoms with E-state index in [0.717, 1.165) is 31.9 Å². The smallest absolute Gasteiger partial charge is 0.241 e. The number of benzene rings is 2. The van der Waals surface area contributed by atoms with Gasteiger partial charge in [0.1, 0.15) is 5.75 Å². The van der Waals surface area contributed by atoms with Gasteiger partial charge in [0.2, 0.25) is 5.91 Å². The molecule has 1 aliphatic heterocycles. The lowest BCUT2D eigenvalue weighted by atomic mass is 10.2. The summed E-state index contributed by atoms with van der Waals surface area (Å²) in [7, 11) is 0. The Balaban J connectivity index is 1.54. The van der Waals surface area contributed by atoms with Gasteiger partial charge in [-0.3, -0.25) is 9.69 Å². The van der Waals surface area contributed by atoms with Crippen LogP contribution >= 0.6 is 11.6 Å². The van der Waals surface area contributed by atoms with E-state index in [2.05, 4.69) is 15.1 Å². The lowest BCUT2D eigenvalue weighted by molar-refractivity contribution is -0.120. The van der Waals surface area contributed by atoms with Gasteiger partial charge in [-0.25, -0.2) is 0 Å². The number of hydrogen-bond acceptors (Lipinski definition) is 4. The Morgan fingerprint density at radius 2 is 1.80 bits per heavy atom. The van der Waals surface area contributed by atoms with Crippen molar-refractivity contribution in [1.29, 1.82) is 0 Å². The first kappa shape index (κ1) is 17.6. The number of phenolic OH excluding ortho intramolecular Hbond substituents is 1. The van der Waals surface area contributed by atoms with Crippen LogP contribution in [0.1, 0.15) is 6.92 Å². The molecule has 0 aliphatic carbocycles. The molecular weight excluding hydrogens is 338 g/mol. The quantitative estimate of drug-likeness (QED) is 0.880. The van der Waals surface area contributed by atoms with Gasteiger partial charge in [0, 0.05) is 42.6 Å². The van der Waals surface area contributed by atoms with Crippen molar-refractivity contribution in [3.05, 3.63) is 53.6 Å². The highest BCUT2D eigenvalue weighted by Crippen LogP contribution is 2.21. The van der Waals surface area contributed by atoms with Crippen LogP contribution < -0.4 is 10.2 Å². The minimum atomic E-state index is -0.207. The Kier molecular flexibility index (Phi) is 5.46. The number of anilines is 2. The number of phenols is 1. The summed E-state index contributed by atoms with van der Waals surface area (Å²) in [6.07, 6.45) is 0. The van der Waals surface area contributed by atoms with Gasteiger partial charge in [-0.05, 0) is 49.4 Å². The number of nitrogens with zero attached hydrogens (tertiary/aromatic N) is 2. The number of nitrogens with one attached hydrogen (secondary N) is 1. The molecule has 6 heteroatoms. The van der Waals surface area contributed by atoms with E-state index in [1.54, 1.807) is 24.3 Å². The fourth-order valence-corrected chi connectivity index (χ4v) is 3.20. The Morgan fingerprint density at radius 3 is 2.44 bits per heavy atom. The lowest BCUT2D eigenvalue weighted by Crippen LogP contribution is -2.52. The highest BCUT2D eigenvalue weighted by molar-refractivity contribution is 6.30. The largest absolute Gasteiger partial charge is 0.508 e. The van der Waals surface area contributed by atoms with Gasteiger partial charge < -0.3 is 15.3 Å². The average Bonchev–Trinajstić information content (AvgIpc) is 2.62. The molecule has 5 nitrogen and oxygen atoms in total. The average molecular weight is 360 g/mol. The van der Waals surface area contributed by atoms with Crippen LogP contribution in [0.3, 0.4) is 0 Å². The molecule has 1 heterocycles. The van der Waals surface area contributed by atoms with Crippen LogP contribution in [-0.2, 0) is 4.79 Å². The number of carbonyl (C=O) groups is 1. The summed E-state index contributed by atoms with van der Waals surface area (Å²) in [5, 5.41) is 12.9. The monoisotopic (exact) mass is 359 g/mol. The minimum absolute atomic E-state index is 0.0275. The third kappa shape index (κ3) is 4.44. The van der Waals surface area contributed by atoms with Crippen LogP contribution in [0.15, 0.2) is 48.5 Å². The third-order valence-corrected chi connectivity index (χ3v) is 4.78. The molecule has 0 saturated carbocycles. The summed E-state index contributed by atoms with van der Waals surface area (Å²) < 4.78 is 0. The zero-order chi connectivity index (χ0) is 17.8. The number of amides is 1. The maximum Gasteiger partial charge on any atom is 0.241 e. The van der Waals surface area contributed by atoms with E-state index >= 15 is 0 Å². The van der Waals surface area contributed by atoms with Crippen LogP contribution in [0.5, 0.6) is 5.75 Å². The summed E-state index contributed by atoms with van der Waals surface area (Å²) in [6.45, 7) is 5.24. The molecule has 2 N–H and O–H groups in total. The Labute approximate surface area is 152 Å². The standard InChI is InChI=1S/C19H22ClN3O2/c1-14(19(25)21-16-4-2-3-15(20)13-16)22-9-11-23(12-10-22)17-5-7-18(24)8-6-17/h2-8,13-14,24H,9-12H2,1H3,(H,21,25)/t14-/m1/s1. The van der Waals surface area contributed by atoms with Gasteiger partial charge >= 0.3 is 0 Å². The number of carbonyl (C=O) groups excluding carboxylic acids is 1. The van der Waals surface area contributed by atoms with Crippen molar-refractivity contribution in [3.63, 3.8) is 0 Å². The molecule has 1 saturated heterocycles. The summed E-state index contributed by atoms with van der Waals surface area (Å²) in [4.78, 5) is 16.9. The van der Waals surface area contributed by atoms with E-state index in [-0.39, 0.29) is 17.7 Å². The molecule has 0 radical (unpaired) electrons. The topological polar surface area (TPSA) is 55.8 Å². The Hall–Kier alpha value is -2.24. The maximum absolute atomic E-state index is 12.5. The molecule has 0 unspecified atom stereocenters. The normalized spacial score (nSPS) is 16.5. The first-order chi connectivity index (χ1) is 12.0. The van der Waals surface area contributed by atoms with E-state index in [4.69, 9.17) is 11.6 Å². The Morgan fingerprint density at radius 1 is 1.12 bits per heavy atom. The second-order valence-electron chi connectivity index (χ2n) is 6.21. The number of halogens is 1. The van der Waals surface area contributed by atoms with Gasteiger partial charge in [0.05, 0.1) is 6.04 Å². The molecule has 0 bridgehead atoms. The van der Waals surface area contributed by atoms with Gasteiger partial charge in [0.25, 0.3) is 0 Å². The van der Waals surface area contributed by atoms with Crippen LogP contribution in [0, 0.1) is 0 Å². The van der Waals surface area contributed by atoms with E-state index in [1.807, 2.05) is 31.2 Å². The van der Waals surface area contributed by atoms with Crippen molar-refractivity contribution in [3.8, 4) is 5.75 Å². The van der Waals surface area contributed by atoms with Crippen molar-refractivity contribution in [2.75, 3.05) is 36.4 Å². The molecule has 2 aromatic rings. The molecular formula is C19H22ClN3O2. The second-order valence-corrected chi connectivity index (χ2v) is 6.65. The van der Waals surface area contributed by atoms with Gasteiger partial charge in [-0.2, -0.15) is 0 Å². The zero-order valence-electron chi connectivity index (χ0n) is 14.2. The van der Waals surface area contributed by atoms with Crippen molar-refractivity contribution in [2.24, 2.45) is 0 Å². The van der Waals surface area contributed by atoms with Gasteiger partial charge in [0.15, 0.2) is 0 Å². The summed E-state index contributed by atoms with van der Waals surface area (Å²) >= 11 is 5.96. The maximum atomic E-state index is 12.5. The SMILES string of the molecule is C[C@H](C(=O)Nc1cccc(Cl)c1)N1CCN(c2ccc(O)cc2)CC1. The molecule has 0 aromatic heterocycles. The van der Waals surface area contributed by atoms with Crippen LogP contribution in [0.2, 0.25) is 5.02 Å². The second kappa shape index (κ2) is 7.76. The first-order valence-corrected chi connectivity index (χ1v) is 8.75. The molecule has 25 heavy (non-hydrogen) atoms. The predicted molar refractivity (Wildman–Crippen MR) is 101 cm³/mol. The Bertz CT molecular complexity index is 728. The van der Waals surface area contributed by atoms with Crippen molar-refractivity contribution in [2.45, 2.75) is 13.0 Å². The van der Waals surface area contributed by atoms with Crippen LogP contribution in [-0.4, -0.2) is 48.1 Å². The van der Waals surface area contributed by atoms with E-state index < -0.39 is 0 Å². The number of rotatable bonds is 4. The number of aromatic hydroxyl groups is 1. The molecule has 1 amide bonds. The van der Waals surface area contributed by atoms with Gasteiger partial charge in [-0.15, -0.1) is 0 Å². The summed E-state index contributed by atoms with van der Waals surface area (Å²) in [6, 6.07) is 14.2. The molecule has 3 rings (SSSR count). The molecule has 1 fully saturated rings. The van der Waals surface area contributed by atoms with E-state index in [1.165, 1.54) is 0 Å². The van der Waals surface area contributed by atoms with Gasteiger partial charge in [-0.1, -0.05) is 17.7 Å². The zero-order valence-corrected chi connectivity index (χ0v) is 14.9. The third-order valence-electron chi connectivity index (χ3n) is 4.55. The van der Waals surface area contributed by atoms with Crippen molar-refractivity contribution < 1.29 is 9.90 Å². The van der Waals surface area contributed by atoms with Crippen LogP contribution in [0.4, 0.5) is 11.4 Å². The summed E-state index contributed by atoms with van der Waals surface area (Å²) in [5.41, 5.74) is 1.81. The van der Waals surface area contributed by atoms with Crippen LogP contribution in [0.25, 0.3) is 0 Å². The highest BCUT2D eigenvalue weighted by Gasteiger charge is 2.25. The first-order valence-electron chi connectivity index (χ1n) is 8.37. The number of hydrogen-bond donors (Lipinski definition) is 2. The highest BCUT2D eigenvalue weighted by atomic mass is 35.5. The van der Waals surface area contributed by atoms with E-state index in [9.17, 15) is 9.90 Å². The molecule has 2 aromatic carbocycles. The molecule has 0 spiro atoms. The van der Waals surface area contributed by atoms with Crippen molar-refractivity contribution >= 4 is 28.9 Å².